The van der Waals surface area contributed by atoms with Crippen LogP contribution >= 0.6 is 0 Å². The first-order valence-corrected chi connectivity index (χ1v) is 11.6. The number of rotatable bonds is 6. The van der Waals surface area contributed by atoms with Gasteiger partial charge in [0.15, 0.2) is 22.9 Å². The lowest BCUT2D eigenvalue weighted by Gasteiger charge is -2.35. The first-order chi connectivity index (χ1) is 17.1. The van der Waals surface area contributed by atoms with Gasteiger partial charge in [0, 0.05) is 45.5 Å². The van der Waals surface area contributed by atoms with Crippen molar-refractivity contribution in [3.63, 3.8) is 0 Å². The number of nitrogens with one attached hydrogen (secondary N) is 2. The van der Waals surface area contributed by atoms with Crippen molar-refractivity contribution in [1.29, 1.82) is 0 Å². The van der Waals surface area contributed by atoms with Crippen LogP contribution in [0.1, 0.15) is 32.8 Å². The first-order valence-electron chi connectivity index (χ1n) is 11.6. The Kier molecular flexibility index (Phi) is 5.57. The molecule has 4 heterocycles. The molecule has 0 amide bonds. The van der Waals surface area contributed by atoms with Crippen molar-refractivity contribution in [2.75, 3.05) is 46.1 Å². The van der Waals surface area contributed by atoms with Gasteiger partial charge in [0.05, 0.1) is 12.1 Å². The van der Waals surface area contributed by atoms with Gasteiger partial charge in [-0.15, -0.1) is 0 Å². The molecule has 2 N–H and O–H groups in total. The fraction of sp³-hybridized carbons (Fsp3) is 0.391. The minimum absolute atomic E-state index is 0.0170. The minimum Gasteiger partial charge on any atom is -0.582 e. The zero-order valence-corrected chi connectivity index (χ0v) is 19.0. The van der Waals surface area contributed by atoms with E-state index in [2.05, 4.69) is 31.3 Å². The second kappa shape index (κ2) is 8.89. The van der Waals surface area contributed by atoms with Crippen LogP contribution in [0, 0.1) is 5.21 Å². The fourth-order valence-electron chi connectivity index (χ4n) is 4.93. The van der Waals surface area contributed by atoms with Gasteiger partial charge >= 0.3 is 0 Å². The summed E-state index contributed by atoms with van der Waals surface area (Å²) in [6.45, 7) is 6.02. The Morgan fingerprint density at radius 1 is 1.03 bits per heavy atom. The Balaban J connectivity index is 1.01. The molecule has 4 aliphatic rings. The number of nitrogens with zero attached hydrogens (tertiary/aromatic N) is 5. The topological polar surface area (TPSA) is 128 Å². The molecule has 2 aromatic rings. The number of quaternary nitrogens is 1. The van der Waals surface area contributed by atoms with Crippen molar-refractivity contribution in [1.82, 2.24) is 30.2 Å². The average Bonchev–Trinajstić information content (AvgIpc) is 3.48. The number of ketones is 2. The highest BCUT2D eigenvalue weighted by atomic mass is 16.7. The van der Waals surface area contributed by atoms with Gasteiger partial charge in [-0.25, -0.2) is 15.4 Å². The van der Waals surface area contributed by atoms with E-state index in [1.54, 1.807) is 0 Å². The monoisotopic (exact) mass is 479 g/mol. The third-order valence-electron chi connectivity index (χ3n) is 6.76. The predicted octanol–water partition coefficient (Wildman–Crippen LogP) is -0.878. The van der Waals surface area contributed by atoms with Crippen LogP contribution in [0.25, 0.3) is 0 Å². The molecule has 1 saturated heterocycles. The van der Waals surface area contributed by atoms with E-state index in [1.807, 2.05) is 12.1 Å². The Bertz CT molecular complexity index is 1210. The molecule has 1 aromatic heterocycles. The van der Waals surface area contributed by atoms with E-state index in [-0.39, 0.29) is 29.4 Å². The highest BCUT2D eigenvalue weighted by Gasteiger charge is 2.44. The Labute approximate surface area is 201 Å². The summed E-state index contributed by atoms with van der Waals surface area (Å²) in [5.74, 6) is 0.751. The molecule has 3 aliphatic heterocycles. The van der Waals surface area contributed by atoms with Gasteiger partial charge in [-0.05, 0) is 24.1 Å². The molecule has 0 saturated carbocycles. The van der Waals surface area contributed by atoms with E-state index in [4.69, 9.17) is 9.47 Å². The lowest BCUT2D eigenvalue weighted by atomic mass is 9.96. The molecule has 12 nitrogen and oxygen atoms in total. The van der Waals surface area contributed by atoms with E-state index < -0.39 is 16.8 Å². The third kappa shape index (κ3) is 4.00. The summed E-state index contributed by atoms with van der Waals surface area (Å²) in [7, 11) is 0. The molecule has 0 bridgehead atoms. The van der Waals surface area contributed by atoms with Gasteiger partial charge in [0.2, 0.25) is 18.4 Å². The van der Waals surface area contributed by atoms with Crippen LogP contribution in [0.15, 0.2) is 42.1 Å². The van der Waals surface area contributed by atoms with Crippen molar-refractivity contribution >= 4 is 11.6 Å². The molecule has 1 unspecified atom stereocenters. The maximum Gasteiger partial charge on any atom is 0.235 e. The maximum absolute atomic E-state index is 13.0. The Morgan fingerprint density at radius 3 is 2.69 bits per heavy atom. The zero-order valence-electron chi connectivity index (χ0n) is 19.0. The lowest BCUT2D eigenvalue weighted by molar-refractivity contribution is -0.993. The Hall–Kier alpha value is -3.58. The van der Waals surface area contributed by atoms with E-state index in [9.17, 15) is 14.8 Å². The lowest BCUT2D eigenvalue weighted by Crippen LogP contribution is -3.17. The minimum atomic E-state index is -0.453. The first kappa shape index (κ1) is 21.9. The maximum atomic E-state index is 13.0. The molecule has 182 valence electrons. The smallest absolute Gasteiger partial charge is 0.235 e. The number of carbonyl (C=O) groups excluding carboxylic acids is 2. The van der Waals surface area contributed by atoms with E-state index in [1.165, 1.54) is 23.1 Å². The number of hydrogen-bond acceptors (Lipinski definition) is 11. The number of Topliss-reactive ketones (excluding diaryl/α,β-unsaturated/α-hetero) is 2. The van der Waals surface area contributed by atoms with Gasteiger partial charge in [0.1, 0.15) is 12.0 Å². The number of carbonyl (C=O) groups is 2. The normalized spacial score (nSPS) is 21.9. The molecule has 1 aromatic carbocycles. The summed E-state index contributed by atoms with van der Waals surface area (Å²) in [5, 5.41) is 13.5. The average molecular weight is 479 g/mol. The largest absolute Gasteiger partial charge is 0.582 e. The molecule has 1 aliphatic carbocycles. The fourth-order valence-corrected chi connectivity index (χ4v) is 4.93. The van der Waals surface area contributed by atoms with Crippen molar-refractivity contribution in [3.05, 3.63) is 64.1 Å². The van der Waals surface area contributed by atoms with Crippen LogP contribution in [0.4, 0.5) is 0 Å². The summed E-state index contributed by atoms with van der Waals surface area (Å²) in [5.41, 5.74) is 4.05. The SMILES string of the molecule is O=C1C2=C(N[NH+]([O-])N2CCCN2CCN(Cc3ccc4c(c3)OCO4)CC2)C(=O)c2ncncc21. The summed E-state index contributed by atoms with van der Waals surface area (Å²) in [4.78, 5) is 38.2. The Morgan fingerprint density at radius 2 is 1.83 bits per heavy atom. The van der Waals surface area contributed by atoms with E-state index in [0.717, 1.165) is 50.8 Å². The highest BCUT2D eigenvalue weighted by molar-refractivity contribution is 6.25. The van der Waals surface area contributed by atoms with Crippen LogP contribution in [0.5, 0.6) is 11.5 Å². The molecular formula is C23H25N7O5. The molecule has 12 heteroatoms. The van der Waals surface area contributed by atoms with Gasteiger partial charge < -0.3 is 19.6 Å². The summed E-state index contributed by atoms with van der Waals surface area (Å²) < 4.78 is 10.9. The number of hydrogen-bond donors (Lipinski definition) is 2. The number of aromatic nitrogens is 2. The quantitative estimate of drug-likeness (QED) is 0.502. The summed E-state index contributed by atoms with van der Waals surface area (Å²) in [6, 6.07) is 6.08. The van der Waals surface area contributed by atoms with Crippen LogP contribution in [0.2, 0.25) is 0 Å². The van der Waals surface area contributed by atoms with Gasteiger partial charge in [-0.1, -0.05) is 6.07 Å². The predicted molar refractivity (Wildman–Crippen MR) is 121 cm³/mol. The van der Waals surface area contributed by atoms with Crippen LogP contribution in [-0.4, -0.2) is 82.4 Å². The van der Waals surface area contributed by atoms with Crippen LogP contribution in [0.3, 0.4) is 0 Å². The van der Waals surface area contributed by atoms with E-state index >= 15 is 0 Å². The third-order valence-corrected chi connectivity index (χ3v) is 6.76. The number of piperazine rings is 1. The van der Waals surface area contributed by atoms with Crippen molar-refractivity contribution in [2.45, 2.75) is 13.0 Å². The molecule has 1 atom stereocenters. The van der Waals surface area contributed by atoms with Crippen molar-refractivity contribution in [3.8, 4) is 11.5 Å². The molecule has 1 fully saturated rings. The van der Waals surface area contributed by atoms with E-state index in [0.29, 0.717) is 13.0 Å². The molecule has 6 rings (SSSR count). The van der Waals surface area contributed by atoms with Crippen molar-refractivity contribution in [2.24, 2.45) is 0 Å². The second-order valence-electron chi connectivity index (χ2n) is 8.91. The number of benzene rings is 1. The van der Waals surface area contributed by atoms with Crippen LogP contribution < -0.4 is 20.2 Å². The number of ether oxygens (including phenoxy) is 2. The molecular weight excluding hydrogens is 454 g/mol. The summed E-state index contributed by atoms with van der Waals surface area (Å²) >= 11 is 0. The second-order valence-corrected chi connectivity index (χ2v) is 8.91. The molecule has 35 heavy (non-hydrogen) atoms. The molecule has 0 radical (unpaired) electrons. The van der Waals surface area contributed by atoms with Crippen LogP contribution in [-0.2, 0) is 6.54 Å². The van der Waals surface area contributed by atoms with Gasteiger partial charge in [0.25, 0.3) is 0 Å². The standard InChI is InChI=1S/C23H25N7O5/c31-22-16-11-24-13-25-19(16)23(32)20-21(22)29(30(33)26-20)5-1-4-27-6-8-28(9-7-27)12-15-2-3-17-18(10-15)35-14-34-17/h2-3,10-11,13,26,30H,1,4-9,12,14H2. The highest BCUT2D eigenvalue weighted by Crippen LogP contribution is 2.33. The molecule has 0 spiro atoms. The summed E-state index contributed by atoms with van der Waals surface area (Å²) in [6.07, 6.45) is 3.24. The number of fused-ring (bicyclic) bond motifs is 2. The number of allylic oxidation sites excluding steroid dienone is 2. The van der Waals surface area contributed by atoms with Gasteiger partial charge in [-0.3, -0.25) is 14.5 Å². The van der Waals surface area contributed by atoms with Gasteiger partial charge in [-0.2, -0.15) is 10.3 Å². The van der Waals surface area contributed by atoms with Crippen molar-refractivity contribution < 1.29 is 24.3 Å². The zero-order chi connectivity index (χ0) is 23.9.